The van der Waals surface area contributed by atoms with Crippen molar-refractivity contribution in [1.82, 2.24) is 9.13 Å². The van der Waals surface area contributed by atoms with Crippen molar-refractivity contribution in [3.8, 4) is 0 Å². The van der Waals surface area contributed by atoms with Crippen LogP contribution < -0.4 is 5.69 Å². The lowest BCUT2D eigenvalue weighted by Crippen LogP contribution is -2.31. The molecule has 0 saturated heterocycles. The molecule has 0 saturated carbocycles. The molecule has 0 radical (unpaired) electrons. The van der Waals surface area contributed by atoms with E-state index in [0.717, 1.165) is 11.3 Å². The predicted octanol–water partition coefficient (Wildman–Crippen LogP) is 2.04. The highest BCUT2D eigenvalue weighted by Crippen LogP contribution is 2.07. The van der Waals surface area contributed by atoms with Gasteiger partial charge in [0.1, 0.15) is 4.64 Å². The topological polar surface area (TPSA) is 26.9 Å². The van der Waals surface area contributed by atoms with Crippen molar-refractivity contribution in [2.24, 2.45) is 14.1 Å². The van der Waals surface area contributed by atoms with Crippen molar-refractivity contribution in [2.45, 2.75) is 20.3 Å². The van der Waals surface area contributed by atoms with Crippen molar-refractivity contribution < 1.29 is 0 Å². The summed E-state index contributed by atoms with van der Waals surface area (Å²) in [7, 11) is 3.46. The summed E-state index contributed by atoms with van der Waals surface area (Å²) in [5, 5.41) is 0. The van der Waals surface area contributed by atoms with Crippen LogP contribution in [0, 0.1) is 11.6 Å². The molecule has 86 valence electrons. The van der Waals surface area contributed by atoms with Crippen LogP contribution in [-0.2, 0) is 20.5 Å². The van der Waals surface area contributed by atoms with Crippen LogP contribution in [0.2, 0.25) is 0 Å². The van der Waals surface area contributed by atoms with Gasteiger partial charge in [0, 0.05) is 31.8 Å². The van der Waals surface area contributed by atoms with E-state index >= 15 is 0 Å². The third-order valence-corrected chi connectivity index (χ3v) is 3.20. The molecule has 1 rings (SSSR count). The zero-order valence-corrected chi connectivity index (χ0v) is 10.9. The van der Waals surface area contributed by atoms with Crippen LogP contribution in [-0.4, -0.2) is 9.13 Å². The van der Waals surface area contributed by atoms with Gasteiger partial charge in [0.15, 0.2) is 0 Å². The molecule has 0 aliphatic carbocycles. The van der Waals surface area contributed by atoms with Crippen LogP contribution in [0.5, 0.6) is 0 Å². The first-order valence-electron chi connectivity index (χ1n) is 5.11. The van der Waals surface area contributed by atoms with Gasteiger partial charge < -0.3 is 4.57 Å². The number of aromatic nitrogens is 2. The maximum absolute atomic E-state index is 11.8. The maximum atomic E-state index is 11.8. The minimum Gasteiger partial charge on any atom is -0.300 e. The Morgan fingerprint density at radius 3 is 2.56 bits per heavy atom. The molecule has 1 heterocycles. The van der Waals surface area contributed by atoms with Crippen molar-refractivity contribution >= 4 is 12.2 Å². The lowest BCUT2D eigenvalue weighted by molar-refractivity contribution is 0.661. The lowest BCUT2D eigenvalue weighted by atomic mass is 10.2. The van der Waals surface area contributed by atoms with Crippen LogP contribution >= 0.6 is 12.2 Å². The Bertz CT molecular complexity index is 535. The fraction of sp³-hybridized carbons (Fsp3) is 0.417. The van der Waals surface area contributed by atoms with E-state index in [4.69, 9.17) is 12.2 Å². The van der Waals surface area contributed by atoms with E-state index in [0.29, 0.717) is 11.1 Å². The Labute approximate surface area is 100 Å². The van der Waals surface area contributed by atoms with Crippen molar-refractivity contribution in [2.75, 3.05) is 0 Å². The molecule has 0 aliphatic rings. The standard InChI is InChI=1S/C12H16N2OS/c1-5-6-7-8-10-9(2)11(16)14(4)12(15)13(10)3/h5,7H,8H2,1-4H3. The maximum Gasteiger partial charge on any atom is 0.328 e. The van der Waals surface area contributed by atoms with Gasteiger partial charge in [0.25, 0.3) is 0 Å². The summed E-state index contributed by atoms with van der Waals surface area (Å²) in [5.74, 6) is 0. The molecule has 4 heteroatoms. The average Bonchev–Trinajstić information content (AvgIpc) is 2.28. The van der Waals surface area contributed by atoms with E-state index < -0.39 is 0 Å². The highest BCUT2D eigenvalue weighted by molar-refractivity contribution is 7.71. The van der Waals surface area contributed by atoms with E-state index in [1.54, 1.807) is 18.7 Å². The third-order valence-electron chi connectivity index (χ3n) is 2.62. The number of allylic oxidation sites excluding steroid dienone is 1. The molecule has 0 unspecified atom stereocenters. The zero-order valence-electron chi connectivity index (χ0n) is 10.1. The summed E-state index contributed by atoms with van der Waals surface area (Å²) < 4.78 is 3.74. The molecule has 16 heavy (non-hydrogen) atoms. The van der Waals surface area contributed by atoms with Gasteiger partial charge in [0.2, 0.25) is 0 Å². The Morgan fingerprint density at radius 1 is 1.38 bits per heavy atom. The normalized spacial score (nSPS) is 9.75. The smallest absolute Gasteiger partial charge is 0.300 e. The first-order chi connectivity index (χ1) is 7.50. The molecule has 3 nitrogen and oxygen atoms in total. The van der Waals surface area contributed by atoms with Gasteiger partial charge in [0.05, 0.1) is 0 Å². The Morgan fingerprint density at radius 2 is 2.00 bits per heavy atom. The van der Waals surface area contributed by atoms with E-state index in [-0.39, 0.29) is 5.69 Å². The quantitative estimate of drug-likeness (QED) is 0.580. The second-order valence-corrected chi connectivity index (χ2v) is 4.03. The van der Waals surface area contributed by atoms with Crippen LogP contribution in [0.4, 0.5) is 0 Å². The predicted molar refractivity (Wildman–Crippen MR) is 68.3 cm³/mol. The first kappa shape index (κ1) is 12.7. The van der Waals surface area contributed by atoms with Crippen molar-refractivity contribution in [3.05, 3.63) is 44.3 Å². The van der Waals surface area contributed by atoms with Crippen LogP contribution in [0.1, 0.15) is 18.2 Å². The minimum absolute atomic E-state index is 0.0838. The fourth-order valence-electron chi connectivity index (χ4n) is 1.62. The largest absolute Gasteiger partial charge is 0.328 e. The van der Waals surface area contributed by atoms with Gasteiger partial charge in [-0.15, -0.1) is 5.73 Å². The summed E-state index contributed by atoms with van der Waals surface area (Å²) in [6.07, 6.45) is 4.41. The highest BCUT2D eigenvalue weighted by Gasteiger charge is 2.07. The Hall–Kier alpha value is -1.38. The molecule has 0 aromatic carbocycles. The number of rotatable bonds is 2. The molecule has 1 aromatic rings. The molecule has 0 spiro atoms. The number of hydrogen-bond acceptors (Lipinski definition) is 2. The summed E-state index contributed by atoms with van der Waals surface area (Å²) in [6, 6.07) is 0. The molecule has 0 amide bonds. The van der Waals surface area contributed by atoms with Gasteiger partial charge in [-0.25, -0.2) is 4.79 Å². The fourth-order valence-corrected chi connectivity index (χ4v) is 1.81. The first-order valence-corrected chi connectivity index (χ1v) is 5.52. The van der Waals surface area contributed by atoms with Gasteiger partial charge in [-0.2, -0.15) is 0 Å². The second-order valence-electron chi connectivity index (χ2n) is 3.64. The summed E-state index contributed by atoms with van der Waals surface area (Å²) in [5.41, 5.74) is 4.84. The Kier molecular flexibility index (Phi) is 4.05. The van der Waals surface area contributed by atoms with Gasteiger partial charge >= 0.3 is 5.69 Å². The average molecular weight is 236 g/mol. The zero-order chi connectivity index (χ0) is 12.3. The van der Waals surface area contributed by atoms with Gasteiger partial charge in [-0.1, -0.05) is 12.2 Å². The van der Waals surface area contributed by atoms with Crippen LogP contribution in [0.3, 0.4) is 0 Å². The van der Waals surface area contributed by atoms with Gasteiger partial charge in [-0.3, -0.25) is 4.57 Å². The second kappa shape index (κ2) is 5.10. The molecular weight excluding hydrogens is 220 g/mol. The third kappa shape index (κ3) is 2.23. The molecule has 0 N–H and O–H groups in total. The summed E-state index contributed by atoms with van der Waals surface area (Å²) in [4.78, 5) is 11.8. The SMILES string of the molecule is CC=C=CCc1c(C)c(=S)n(C)c(=O)n1C. The summed E-state index contributed by atoms with van der Waals surface area (Å²) in [6.45, 7) is 3.85. The lowest BCUT2D eigenvalue weighted by Gasteiger charge is -2.12. The minimum atomic E-state index is -0.0838. The molecular formula is C12H16N2OS. The Balaban J connectivity index is 3.46. The van der Waals surface area contributed by atoms with Gasteiger partial charge in [-0.05, 0) is 26.0 Å². The van der Waals surface area contributed by atoms with E-state index in [2.05, 4.69) is 5.73 Å². The molecule has 1 aromatic heterocycles. The van der Waals surface area contributed by atoms with Crippen LogP contribution in [0.25, 0.3) is 0 Å². The van der Waals surface area contributed by atoms with Crippen LogP contribution in [0.15, 0.2) is 22.7 Å². The monoisotopic (exact) mass is 236 g/mol. The van der Waals surface area contributed by atoms with Crippen molar-refractivity contribution in [1.29, 1.82) is 0 Å². The molecule has 0 fully saturated rings. The molecule has 0 aliphatic heterocycles. The number of nitrogens with zero attached hydrogens (tertiary/aromatic N) is 2. The molecule has 0 bridgehead atoms. The number of hydrogen-bond donors (Lipinski definition) is 0. The van der Waals surface area contributed by atoms with E-state index in [9.17, 15) is 4.79 Å². The summed E-state index contributed by atoms with van der Waals surface area (Å²) >= 11 is 5.22. The highest BCUT2D eigenvalue weighted by atomic mass is 32.1. The van der Waals surface area contributed by atoms with E-state index in [1.807, 2.05) is 26.0 Å². The molecule has 0 atom stereocenters. The van der Waals surface area contributed by atoms with E-state index in [1.165, 1.54) is 4.57 Å². The van der Waals surface area contributed by atoms with Crippen molar-refractivity contribution in [3.63, 3.8) is 0 Å².